The lowest BCUT2D eigenvalue weighted by molar-refractivity contribution is 0.375. The van der Waals surface area contributed by atoms with Crippen LogP contribution in [0.25, 0.3) is 0 Å². The van der Waals surface area contributed by atoms with E-state index in [0.717, 1.165) is 24.6 Å². The molecule has 1 fully saturated rings. The van der Waals surface area contributed by atoms with Crippen LogP contribution in [0.1, 0.15) is 25.3 Å². The predicted octanol–water partition coefficient (Wildman–Crippen LogP) is 3.04. The molecular weight excluding hydrogens is 294 g/mol. The van der Waals surface area contributed by atoms with Crippen molar-refractivity contribution < 1.29 is 5.11 Å². The number of aromatic nitrogens is 1. The fourth-order valence-corrected chi connectivity index (χ4v) is 3.75. The number of phenols is 1. The third kappa shape index (κ3) is 3.99. The van der Waals surface area contributed by atoms with Gasteiger partial charge in [-0.25, -0.2) is 4.98 Å². The van der Waals surface area contributed by atoms with Crippen LogP contribution in [0.5, 0.6) is 5.75 Å². The van der Waals surface area contributed by atoms with E-state index in [2.05, 4.69) is 22.1 Å². The molecule has 118 valence electrons. The van der Waals surface area contributed by atoms with Gasteiger partial charge in [-0.3, -0.25) is 0 Å². The van der Waals surface area contributed by atoms with Gasteiger partial charge in [0, 0.05) is 36.8 Å². The molecule has 0 bridgehead atoms. The van der Waals surface area contributed by atoms with Gasteiger partial charge >= 0.3 is 0 Å². The molecule has 1 aromatic carbocycles. The van der Waals surface area contributed by atoms with Gasteiger partial charge < -0.3 is 15.3 Å². The fraction of sp³-hybridized carbons (Fsp3) is 0.471. The summed E-state index contributed by atoms with van der Waals surface area (Å²) in [6.07, 6.45) is 5.20. The quantitative estimate of drug-likeness (QED) is 0.890. The largest absolute Gasteiger partial charge is 0.508 e. The van der Waals surface area contributed by atoms with E-state index in [1.54, 1.807) is 23.5 Å². The molecular formula is C17H23N3OS. The Bertz CT molecular complexity index is 562. The lowest BCUT2D eigenvalue weighted by Gasteiger charge is -2.33. The van der Waals surface area contributed by atoms with Crippen LogP contribution >= 0.6 is 11.3 Å². The van der Waals surface area contributed by atoms with Crippen molar-refractivity contribution in [1.29, 1.82) is 0 Å². The van der Waals surface area contributed by atoms with Crippen LogP contribution in [0.15, 0.2) is 35.8 Å². The highest BCUT2D eigenvalue weighted by molar-refractivity contribution is 7.13. The predicted molar refractivity (Wildman–Crippen MR) is 91.8 cm³/mol. The molecule has 4 nitrogen and oxygen atoms in total. The summed E-state index contributed by atoms with van der Waals surface area (Å²) in [4.78, 5) is 6.77. The number of rotatable bonds is 5. The number of nitrogens with zero attached hydrogens (tertiary/aromatic N) is 2. The van der Waals surface area contributed by atoms with Crippen LogP contribution in [0.4, 0.5) is 5.13 Å². The Morgan fingerprint density at radius 2 is 2.05 bits per heavy atom. The zero-order chi connectivity index (χ0) is 15.4. The minimum atomic E-state index is 0.332. The van der Waals surface area contributed by atoms with Crippen molar-refractivity contribution >= 4 is 16.5 Å². The fourth-order valence-electron chi connectivity index (χ4n) is 3.06. The summed E-state index contributed by atoms with van der Waals surface area (Å²) in [6.45, 7) is 4.40. The van der Waals surface area contributed by atoms with Gasteiger partial charge in [0.15, 0.2) is 5.13 Å². The number of phenolic OH excluding ortho intramolecular Hbond substituents is 1. The van der Waals surface area contributed by atoms with E-state index in [1.807, 2.05) is 23.7 Å². The van der Waals surface area contributed by atoms with E-state index in [0.29, 0.717) is 17.8 Å². The minimum absolute atomic E-state index is 0.332. The Kier molecular flexibility index (Phi) is 4.95. The van der Waals surface area contributed by atoms with Gasteiger partial charge in [-0.15, -0.1) is 11.3 Å². The molecule has 2 N–H and O–H groups in total. The molecule has 1 aromatic heterocycles. The van der Waals surface area contributed by atoms with Crippen LogP contribution < -0.4 is 10.2 Å². The van der Waals surface area contributed by atoms with E-state index < -0.39 is 0 Å². The topological polar surface area (TPSA) is 48.4 Å². The minimum Gasteiger partial charge on any atom is -0.508 e. The Morgan fingerprint density at radius 1 is 1.32 bits per heavy atom. The van der Waals surface area contributed by atoms with Crippen LogP contribution in [0, 0.1) is 0 Å². The third-order valence-corrected chi connectivity index (χ3v) is 5.02. The molecule has 22 heavy (non-hydrogen) atoms. The van der Waals surface area contributed by atoms with Crippen molar-refractivity contribution in [3.05, 3.63) is 41.4 Å². The summed E-state index contributed by atoms with van der Waals surface area (Å²) in [5, 5.41) is 16.3. The summed E-state index contributed by atoms with van der Waals surface area (Å²) in [5.41, 5.74) is 1.26. The molecule has 0 saturated carbocycles. The highest BCUT2D eigenvalue weighted by Gasteiger charge is 2.21. The van der Waals surface area contributed by atoms with Gasteiger partial charge in [-0.2, -0.15) is 0 Å². The van der Waals surface area contributed by atoms with Crippen molar-refractivity contribution in [3.8, 4) is 5.75 Å². The molecule has 0 unspecified atom stereocenters. The first kappa shape index (κ1) is 15.3. The first-order valence-corrected chi connectivity index (χ1v) is 8.77. The number of hydrogen-bond acceptors (Lipinski definition) is 5. The Morgan fingerprint density at radius 3 is 2.68 bits per heavy atom. The van der Waals surface area contributed by atoms with Gasteiger partial charge in [0.25, 0.3) is 0 Å². The first-order chi connectivity index (χ1) is 10.7. The first-order valence-electron chi connectivity index (χ1n) is 7.89. The van der Waals surface area contributed by atoms with Crippen LogP contribution in [0.2, 0.25) is 0 Å². The number of piperidine rings is 1. The smallest absolute Gasteiger partial charge is 0.185 e. The summed E-state index contributed by atoms with van der Waals surface area (Å²) in [6, 6.07) is 8.55. The summed E-state index contributed by atoms with van der Waals surface area (Å²) in [5.74, 6) is 0.332. The van der Waals surface area contributed by atoms with Gasteiger partial charge in [-0.1, -0.05) is 12.1 Å². The lowest BCUT2D eigenvalue weighted by Crippen LogP contribution is -2.46. The van der Waals surface area contributed by atoms with Crippen LogP contribution in [-0.2, 0) is 6.42 Å². The molecule has 1 atom stereocenters. The molecule has 0 aliphatic carbocycles. The van der Waals surface area contributed by atoms with Crippen molar-refractivity contribution in [2.24, 2.45) is 0 Å². The Hall–Kier alpha value is -1.59. The second kappa shape index (κ2) is 7.11. The summed E-state index contributed by atoms with van der Waals surface area (Å²) < 4.78 is 0. The molecule has 0 spiro atoms. The molecule has 1 aliphatic rings. The molecule has 0 radical (unpaired) electrons. The van der Waals surface area contributed by atoms with Gasteiger partial charge in [0.05, 0.1) is 0 Å². The van der Waals surface area contributed by atoms with E-state index in [1.165, 1.54) is 18.4 Å². The second-order valence-electron chi connectivity index (χ2n) is 6.01. The van der Waals surface area contributed by atoms with Crippen molar-refractivity contribution in [3.63, 3.8) is 0 Å². The van der Waals surface area contributed by atoms with Crippen molar-refractivity contribution in [1.82, 2.24) is 10.3 Å². The molecule has 5 heteroatoms. The number of hydrogen-bond donors (Lipinski definition) is 2. The van der Waals surface area contributed by atoms with Crippen molar-refractivity contribution in [2.75, 3.05) is 18.0 Å². The number of benzene rings is 1. The summed E-state index contributed by atoms with van der Waals surface area (Å²) in [7, 11) is 0. The zero-order valence-corrected chi connectivity index (χ0v) is 13.7. The molecule has 3 rings (SSSR count). The molecule has 2 aromatic rings. The van der Waals surface area contributed by atoms with Gasteiger partial charge in [0.1, 0.15) is 5.75 Å². The second-order valence-corrected chi connectivity index (χ2v) is 6.89. The van der Waals surface area contributed by atoms with Crippen molar-refractivity contribution in [2.45, 2.75) is 38.3 Å². The Labute approximate surface area is 135 Å². The highest BCUT2D eigenvalue weighted by atomic mass is 32.1. The average molecular weight is 317 g/mol. The van der Waals surface area contributed by atoms with E-state index in [9.17, 15) is 5.11 Å². The van der Waals surface area contributed by atoms with E-state index >= 15 is 0 Å². The SMILES string of the molecule is C[C@H](Cc1ccc(O)cc1)NC1CCN(c2nccs2)CC1. The third-order valence-electron chi connectivity index (χ3n) is 4.18. The monoisotopic (exact) mass is 317 g/mol. The zero-order valence-electron chi connectivity index (χ0n) is 12.9. The molecule has 1 aliphatic heterocycles. The maximum Gasteiger partial charge on any atom is 0.185 e. The number of anilines is 1. The molecule has 1 saturated heterocycles. The van der Waals surface area contributed by atoms with Crippen LogP contribution in [0.3, 0.4) is 0 Å². The maximum absolute atomic E-state index is 9.33. The van der Waals surface area contributed by atoms with E-state index in [4.69, 9.17) is 0 Å². The summed E-state index contributed by atoms with van der Waals surface area (Å²) >= 11 is 1.72. The standard InChI is InChI=1S/C17H23N3OS/c1-13(12-14-2-4-16(21)5-3-14)19-15-6-9-20(10-7-15)17-18-8-11-22-17/h2-5,8,11,13,15,19,21H,6-7,9-10,12H2,1H3/t13-/m1/s1. The number of aromatic hydroxyl groups is 1. The molecule has 2 heterocycles. The normalized spacial score (nSPS) is 17.6. The lowest BCUT2D eigenvalue weighted by atomic mass is 10.0. The number of nitrogens with one attached hydrogen (secondary N) is 1. The van der Waals surface area contributed by atoms with Crippen LogP contribution in [-0.4, -0.2) is 35.3 Å². The Balaban J connectivity index is 1.45. The van der Waals surface area contributed by atoms with Gasteiger partial charge in [0.2, 0.25) is 0 Å². The van der Waals surface area contributed by atoms with E-state index in [-0.39, 0.29) is 0 Å². The van der Waals surface area contributed by atoms with Gasteiger partial charge in [-0.05, 0) is 43.9 Å². The average Bonchev–Trinajstić information content (AvgIpc) is 3.05. The highest BCUT2D eigenvalue weighted by Crippen LogP contribution is 2.22. The number of thiazole rings is 1. The molecule has 0 amide bonds. The maximum atomic E-state index is 9.33.